The van der Waals surface area contributed by atoms with Crippen molar-refractivity contribution in [2.24, 2.45) is 0 Å². The van der Waals surface area contributed by atoms with Crippen LogP contribution < -0.4 is 10.6 Å². The molecule has 2 N–H and O–H groups in total. The van der Waals surface area contributed by atoms with E-state index < -0.39 is 0 Å². The zero-order chi connectivity index (χ0) is 10.9. The molecule has 16 heavy (non-hydrogen) atoms. The predicted octanol–water partition coefficient (Wildman–Crippen LogP) is 0.656. The van der Waals surface area contributed by atoms with E-state index in [-0.39, 0.29) is 18.3 Å². The molecule has 1 aliphatic rings. The average molecular weight is 269 g/mol. The minimum atomic E-state index is 0. The molecule has 0 radical (unpaired) electrons. The van der Waals surface area contributed by atoms with Gasteiger partial charge in [-0.2, -0.15) is 11.8 Å². The summed E-state index contributed by atoms with van der Waals surface area (Å²) in [6.45, 7) is 1.77. The Morgan fingerprint density at radius 2 is 2.12 bits per heavy atom. The standard InChI is InChI=1S/C10H20N2O2S.ClH/c1-14-5-4-11-8-10(13)12-9-2-6-15-7-3-9;/h9,11H,2-8H2,1H3,(H,12,13);1H. The molecule has 1 heterocycles. The first-order valence-electron chi connectivity index (χ1n) is 5.39. The average Bonchev–Trinajstić information content (AvgIpc) is 2.26. The fourth-order valence-electron chi connectivity index (χ4n) is 1.50. The van der Waals surface area contributed by atoms with Gasteiger partial charge in [0.2, 0.25) is 5.91 Å². The molecule has 4 nitrogen and oxygen atoms in total. The molecule has 0 bridgehead atoms. The van der Waals surface area contributed by atoms with Crippen molar-refractivity contribution in [2.75, 3.05) is 38.3 Å². The number of hydrogen-bond donors (Lipinski definition) is 2. The molecule has 0 atom stereocenters. The number of methoxy groups -OCH3 is 1. The Labute approximate surface area is 108 Å². The third-order valence-corrected chi connectivity index (χ3v) is 3.40. The smallest absolute Gasteiger partial charge is 0.234 e. The maximum atomic E-state index is 11.5. The van der Waals surface area contributed by atoms with Crippen LogP contribution in [0, 0.1) is 0 Å². The van der Waals surface area contributed by atoms with Crippen LogP contribution in [0.1, 0.15) is 12.8 Å². The molecular weight excluding hydrogens is 248 g/mol. The molecule has 1 aliphatic heterocycles. The van der Waals surface area contributed by atoms with E-state index in [9.17, 15) is 4.79 Å². The van der Waals surface area contributed by atoms with Crippen LogP contribution in [0.15, 0.2) is 0 Å². The van der Waals surface area contributed by atoms with Crippen molar-refractivity contribution in [3.63, 3.8) is 0 Å². The van der Waals surface area contributed by atoms with Crippen LogP contribution in [0.5, 0.6) is 0 Å². The molecule has 1 fully saturated rings. The summed E-state index contributed by atoms with van der Waals surface area (Å²) in [5.74, 6) is 2.44. The van der Waals surface area contributed by atoms with Gasteiger partial charge in [0.15, 0.2) is 0 Å². The summed E-state index contributed by atoms with van der Waals surface area (Å²) < 4.78 is 4.88. The summed E-state index contributed by atoms with van der Waals surface area (Å²) in [5.41, 5.74) is 0. The third kappa shape index (κ3) is 7.33. The number of thioether (sulfide) groups is 1. The second-order valence-corrected chi connectivity index (χ2v) is 4.85. The Morgan fingerprint density at radius 3 is 2.75 bits per heavy atom. The van der Waals surface area contributed by atoms with Gasteiger partial charge >= 0.3 is 0 Å². The van der Waals surface area contributed by atoms with Gasteiger partial charge in [-0.3, -0.25) is 4.79 Å². The summed E-state index contributed by atoms with van der Waals surface area (Å²) in [7, 11) is 1.65. The highest BCUT2D eigenvalue weighted by molar-refractivity contribution is 7.99. The summed E-state index contributed by atoms with van der Waals surface area (Å²) in [6.07, 6.45) is 2.21. The fraction of sp³-hybridized carbons (Fsp3) is 0.900. The zero-order valence-electron chi connectivity index (χ0n) is 9.66. The van der Waals surface area contributed by atoms with Gasteiger partial charge in [0, 0.05) is 19.7 Å². The van der Waals surface area contributed by atoms with E-state index in [4.69, 9.17) is 4.74 Å². The summed E-state index contributed by atoms with van der Waals surface area (Å²) in [5, 5.41) is 6.07. The van der Waals surface area contributed by atoms with Gasteiger partial charge in [-0.1, -0.05) is 0 Å². The topological polar surface area (TPSA) is 50.4 Å². The van der Waals surface area contributed by atoms with Crippen molar-refractivity contribution in [2.45, 2.75) is 18.9 Å². The Hall–Kier alpha value is 0.0300. The molecule has 0 saturated carbocycles. The lowest BCUT2D eigenvalue weighted by Gasteiger charge is -2.22. The number of amides is 1. The van der Waals surface area contributed by atoms with Gasteiger partial charge in [0.05, 0.1) is 13.2 Å². The van der Waals surface area contributed by atoms with Gasteiger partial charge < -0.3 is 15.4 Å². The van der Waals surface area contributed by atoms with Crippen molar-refractivity contribution in [1.29, 1.82) is 0 Å². The molecule has 1 amide bonds. The second kappa shape index (κ2) is 10.2. The first kappa shape index (κ1) is 16.0. The predicted molar refractivity (Wildman–Crippen MR) is 70.5 cm³/mol. The number of hydrogen-bond acceptors (Lipinski definition) is 4. The Balaban J connectivity index is 0.00000225. The molecule has 0 aromatic rings. The van der Waals surface area contributed by atoms with Crippen molar-refractivity contribution in [3.05, 3.63) is 0 Å². The first-order valence-corrected chi connectivity index (χ1v) is 6.55. The first-order chi connectivity index (χ1) is 7.33. The van der Waals surface area contributed by atoms with Crippen molar-refractivity contribution < 1.29 is 9.53 Å². The maximum Gasteiger partial charge on any atom is 0.234 e. The lowest BCUT2D eigenvalue weighted by Crippen LogP contribution is -2.42. The number of rotatable bonds is 6. The van der Waals surface area contributed by atoms with E-state index in [1.807, 2.05) is 11.8 Å². The monoisotopic (exact) mass is 268 g/mol. The number of halogens is 1. The Kier molecular flexibility index (Phi) is 10.2. The third-order valence-electron chi connectivity index (χ3n) is 2.35. The van der Waals surface area contributed by atoms with E-state index in [1.165, 1.54) is 11.5 Å². The largest absolute Gasteiger partial charge is 0.383 e. The number of nitrogens with one attached hydrogen (secondary N) is 2. The maximum absolute atomic E-state index is 11.5. The normalized spacial score (nSPS) is 16.6. The molecule has 96 valence electrons. The SMILES string of the molecule is COCCNCC(=O)NC1CCSCC1.Cl. The van der Waals surface area contributed by atoms with Crippen LogP contribution in [-0.4, -0.2) is 50.3 Å². The van der Waals surface area contributed by atoms with Gasteiger partial charge in [0.1, 0.15) is 0 Å². The van der Waals surface area contributed by atoms with Crippen molar-refractivity contribution >= 4 is 30.1 Å². The van der Waals surface area contributed by atoms with Crippen molar-refractivity contribution in [3.8, 4) is 0 Å². The fourth-order valence-corrected chi connectivity index (χ4v) is 2.60. The van der Waals surface area contributed by atoms with E-state index in [0.717, 1.165) is 19.4 Å². The Morgan fingerprint density at radius 1 is 1.44 bits per heavy atom. The van der Waals surface area contributed by atoms with Gasteiger partial charge in [-0.25, -0.2) is 0 Å². The van der Waals surface area contributed by atoms with Crippen LogP contribution in [0.25, 0.3) is 0 Å². The number of carbonyl (C=O) groups excluding carboxylic acids is 1. The van der Waals surface area contributed by atoms with E-state index in [2.05, 4.69) is 10.6 Å². The molecule has 0 aromatic carbocycles. The molecule has 0 aromatic heterocycles. The van der Waals surface area contributed by atoms with Crippen LogP contribution in [0.3, 0.4) is 0 Å². The van der Waals surface area contributed by atoms with Gasteiger partial charge in [-0.05, 0) is 24.3 Å². The summed E-state index contributed by atoms with van der Waals surface area (Å²) >= 11 is 1.97. The van der Waals surface area contributed by atoms with E-state index in [1.54, 1.807) is 7.11 Å². The molecule has 1 saturated heterocycles. The second-order valence-electron chi connectivity index (χ2n) is 3.62. The van der Waals surface area contributed by atoms with Crippen LogP contribution in [0.4, 0.5) is 0 Å². The molecule has 1 rings (SSSR count). The van der Waals surface area contributed by atoms with Gasteiger partial charge in [-0.15, -0.1) is 12.4 Å². The number of ether oxygens (including phenoxy) is 1. The highest BCUT2D eigenvalue weighted by Crippen LogP contribution is 2.16. The van der Waals surface area contributed by atoms with E-state index in [0.29, 0.717) is 19.2 Å². The molecular formula is C10H21ClN2O2S. The van der Waals surface area contributed by atoms with Crippen LogP contribution in [0.2, 0.25) is 0 Å². The highest BCUT2D eigenvalue weighted by Gasteiger charge is 2.15. The number of carbonyl (C=O) groups is 1. The molecule has 6 heteroatoms. The van der Waals surface area contributed by atoms with Crippen LogP contribution >= 0.6 is 24.2 Å². The molecule has 0 spiro atoms. The van der Waals surface area contributed by atoms with Crippen LogP contribution in [-0.2, 0) is 9.53 Å². The highest BCUT2D eigenvalue weighted by atomic mass is 35.5. The summed E-state index contributed by atoms with van der Waals surface area (Å²) in [4.78, 5) is 11.5. The minimum Gasteiger partial charge on any atom is -0.383 e. The molecule has 0 aliphatic carbocycles. The van der Waals surface area contributed by atoms with E-state index >= 15 is 0 Å². The Bertz CT molecular complexity index is 190. The zero-order valence-corrected chi connectivity index (χ0v) is 11.3. The van der Waals surface area contributed by atoms with Gasteiger partial charge in [0.25, 0.3) is 0 Å². The molecule has 0 unspecified atom stereocenters. The quantitative estimate of drug-likeness (QED) is 0.695. The lowest BCUT2D eigenvalue weighted by atomic mass is 10.1. The minimum absolute atomic E-state index is 0. The lowest BCUT2D eigenvalue weighted by molar-refractivity contribution is -0.121. The summed E-state index contributed by atoms with van der Waals surface area (Å²) in [6, 6.07) is 0.392. The van der Waals surface area contributed by atoms with Crippen molar-refractivity contribution in [1.82, 2.24) is 10.6 Å².